The zero-order valence-corrected chi connectivity index (χ0v) is 13.1. The van der Waals surface area contributed by atoms with Crippen LogP contribution in [0.2, 0.25) is 0 Å². The van der Waals surface area contributed by atoms with Gasteiger partial charge in [0, 0.05) is 17.4 Å². The number of aromatic nitrogens is 2. The molecule has 0 unspecified atom stereocenters. The molecule has 0 saturated carbocycles. The van der Waals surface area contributed by atoms with Crippen molar-refractivity contribution in [2.45, 2.75) is 18.5 Å². The lowest BCUT2D eigenvalue weighted by molar-refractivity contribution is -0.255. The lowest BCUT2D eigenvalue weighted by Crippen LogP contribution is -2.22. The summed E-state index contributed by atoms with van der Waals surface area (Å²) >= 11 is 1.09. The maximum atomic E-state index is 11.9. The first-order valence-electron chi connectivity index (χ1n) is 6.82. The van der Waals surface area contributed by atoms with Crippen molar-refractivity contribution < 1.29 is 14.7 Å². The molecule has 0 aliphatic heterocycles. The number of nitrogens with one attached hydrogen (secondary N) is 2. The van der Waals surface area contributed by atoms with E-state index in [-0.39, 0.29) is 22.8 Å². The van der Waals surface area contributed by atoms with E-state index in [1.807, 2.05) is 6.92 Å². The van der Waals surface area contributed by atoms with Crippen molar-refractivity contribution in [3.05, 3.63) is 51.9 Å². The quantitative estimate of drug-likeness (QED) is 0.585. The van der Waals surface area contributed by atoms with Gasteiger partial charge < -0.3 is 20.2 Å². The first-order valence-corrected chi connectivity index (χ1v) is 7.81. The van der Waals surface area contributed by atoms with Gasteiger partial charge in [0.2, 0.25) is 5.91 Å². The molecular formula is C15H14N3O4S-. The number of H-pyrrole nitrogens is 1. The van der Waals surface area contributed by atoms with Crippen molar-refractivity contribution in [3.63, 3.8) is 0 Å². The standard InChI is InChI=1S/C15H15N3O4S/c1-2-10-7-12(19)18-15(17-10)23-8-13(20)16-11-5-3-4-9(6-11)14(21)22/h3-7H,2,8H2,1H3,(H,16,20)(H,21,22)(H,17,18,19)/p-1. The lowest BCUT2D eigenvalue weighted by atomic mass is 10.2. The molecule has 0 spiro atoms. The van der Waals surface area contributed by atoms with Crippen LogP contribution in [0.25, 0.3) is 0 Å². The topological polar surface area (TPSA) is 115 Å². The highest BCUT2D eigenvalue weighted by Crippen LogP contribution is 2.14. The molecule has 1 heterocycles. The molecule has 0 atom stereocenters. The summed E-state index contributed by atoms with van der Waals surface area (Å²) in [4.78, 5) is 40.9. The Hall–Kier alpha value is -2.61. The molecule has 2 N–H and O–H groups in total. The fraction of sp³-hybridized carbons (Fsp3) is 0.200. The number of hydrogen-bond acceptors (Lipinski definition) is 6. The van der Waals surface area contributed by atoms with Gasteiger partial charge in [0.1, 0.15) is 0 Å². The van der Waals surface area contributed by atoms with Crippen molar-refractivity contribution in [1.82, 2.24) is 9.97 Å². The van der Waals surface area contributed by atoms with E-state index in [1.54, 1.807) is 6.07 Å². The van der Waals surface area contributed by atoms with E-state index in [0.29, 0.717) is 23.0 Å². The third-order valence-corrected chi connectivity index (χ3v) is 3.73. The molecule has 1 aromatic carbocycles. The van der Waals surface area contributed by atoms with Gasteiger partial charge in [-0.2, -0.15) is 0 Å². The van der Waals surface area contributed by atoms with Gasteiger partial charge in [-0.15, -0.1) is 0 Å². The number of carboxylic acid groups (broad SMARTS) is 1. The maximum Gasteiger partial charge on any atom is 0.251 e. The van der Waals surface area contributed by atoms with Crippen LogP contribution >= 0.6 is 11.8 Å². The minimum Gasteiger partial charge on any atom is -0.545 e. The predicted octanol–water partition coefficient (Wildman–Crippen LogP) is 0.427. The molecule has 0 aliphatic carbocycles. The Morgan fingerprint density at radius 2 is 2.13 bits per heavy atom. The first kappa shape index (κ1) is 16.8. The fourth-order valence-electron chi connectivity index (χ4n) is 1.79. The summed E-state index contributed by atoms with van der Waals surface area (Å²) in [5, 5.41) is 13.7. The Bertz CT molecular complexity index is 788. The van der Waals surface area contributed by atoms with Crippen LogP contribution in [0.1, 0.15) is 23.0 Å². The molecule has 1 amide bonds. The summed E-state index contributed by atoms with van der Waals surface area (Å²) in [5.74, 6) is -1.62. The van der Waals surface area contributed by atoms with E-state index < -0.39 is 5.97 Å². The number of rotatable bonds is 6. The highest BCUT2D eigenvalue weighted by atomic mass is 32.2. The van der Waals surface area contributed by atoms with Gasteiger partial charge in [-0.1, -0.05) is 30.8 Å². The molecule has 1 aromatic heterocycles. The number of aryl methyl sites for hydroxylation is 1. The Labute approximate surface area is 136 Å². The molecule has 0 bridgehead atoms. The second-order valence-electron chi connectivity index (χ2n) is 4.60. The van der Waals surface area contributed by atoms with E-state index in [0.717, 1.165) is 11.8 Å². The minimum absolute atomic E-state index is 0.0166. The summed E-state index contributed by atoms with van der Waals surface area (Å²) in [7, 11) is 0. The second kappa shape index (κ2) is 7.59. The number of carbonyl (C=O) groups excluding carboxylic acids is 2. The fourth-order valence-corrected chi connectivity index (χ4v) is 2.48. The number of hydrogen-bond donors (Lipinski definition) is 2. The number of thioether (sulfide) groups is 1. The van der Waals surface area contributed by atoms with Crippen molar-refractivity contribution >= 4 is 29.3 Å². The molecular weight excluding hydrogens is 318 g/mol. The number of aromatic carboxylic acids is 1. The Kier molecular flexibility index (Phi) is 5.53. The summed E-state index contributed by atoms with van der Waals surface area (Å²) in [6, 6.07) is 7.19. The molecule has 2 aromatic rings. The molecule has 0 fully saturated rings. The molecule has 0 radical (unpaired) electrons. The average Bonchev–Trinajstić information content (AvgIpc) is 2.52. The number of carboxylic acids is 1. The number of nitrogens with zero attached hydrogens (tertiary/aromatic N) is 1. The second-order valence-corrected chi connectivity index (χ2v) is 5.56. The number of benzene rings is 1. The molecule has 120 valence electrons. The highest BCUT2D eigenvalue weighted by Gasteiger charge is 2.07. The molecule has 8 heteroatoms. The van der Waals surface area contributed by atoms with Crippen LogP contribution in [0.3, 0.4) is 0 Å². The predicted molar refractivity (Wildman–Crippen MR) is 84.4 cm³/mol. The van der Waals surface area contributed by atoms with Crippen molar-refractivity contribution in [2.24, 2.45) is 0 Å². The Morgan fingerprint density at radius 3 is 2.83 bits per heavy atom. The van der Waals surface area contributed by atoms with Crippen LogP contribution in [0.4, 0.5) is 5.69 Å². The lowest BCUT2D eigenvalue weighted by Gasteiger charge is -2.08. The molecule has 7 nitrogen and oxygen atoms in total. The van der Waals surface area contributed by atoms with E-state index >= 15 is 0 Å². The summed E-state index contributed by atoms with van der Waals surface area (Å²) in [5.41, 5.74) is 0.734. The van der Waals surface area contributed by atoms with Crippen LogP contribution in [-0.2, 0) is 11.2 Å². The van der Waals surface area contributed by atoms with Gasteiger partial charge in [0.05, 0.1) is 11.7 Å². The number of amides is 1. The summed E-state index contributed by atoms with van der Waals surface area (Å²) < 4.78 is 0. The normalized spacial score (nSPS) is 10.3. The first-order chi connectivity index (χ1) is 11.0. The Morgan fingerprint density at radius 1 is 1.35 bits per heavy atom. The van der Waals surface area contributed by atoms with Crippen LogP contribution in [0, 0.1) is 0 Å². The molecule has 23 heavy (non-hydrogen) atoms. The van der Waals surface area contributed by atoms with Crippen molar-refractivity contribution in [2.75, 3.05) is 11.1 Å². The van der Waals surface area contributed by atoms with Gasteiger partial charge in [-0.05, 0) is 24.1 Å². The monoisotopic (exact) mass is 332 g/mol. The largest absolute Gasteiger partial charge is 0.545 e. The van der Waals surface area contributed by atoms with Gasteiger partial charge in [0.15, 0.2) is 5.16 Å². The third-order valence-electron chi connectivity index (χ3n) is 2.86. The van der Waals surface area contributed by atoms with Crippen LogP contribution in [0.15, 0.2) is 40.3 Å². The smallest absolute Gasteiger partial charge is 0.251 e. The molecule has 0 saturated heterocycles. The highest BCUT2D eigenvalue weighted by molar-refractivity contribution is 7.99. The van der Waals surface area contributed by atoms with Crippen LogP contribution in [0.5, 0.6) is 0 Å². The number of anilines is 1. The van der Waals surface area contributed by atoms with E-state index in [2.05, 4.69) is 15.3 Å². The van der Waals surface area contributed by atoms with Crippen molar-refractivity contribution in [3.8, 4) is 0 Å². The number of aromatic amines is 1. The van der Waals surface area contributed by atoms with Gasteiger partial charge in [-0.3, -0.25) is 9.59 Å². The maximum absolute atomic E-state index is 11.9. The molecule has 2 rings (SSSR count). The third kappa shape index (κ3) is 4.96. The van der Waals surface area contributed by atoms with Crippen LogP contribution in [-0.4, -0.2) is 27.6 Å². The van der Waals surface area contributed by atoms with Gasteiger partial charge >= 0.3 is 0 Å². The van der Waals surface area contributed by atoms with Gasteiger partial charge in [-0.25, -0.2) is 4.98 Å². The average molecular weight is 332 g/mol. The zero-order chi connectivity index (χ0) is 16.8. The summed E-state index contributed by atoms with van der Waals surface area (Å²) in [6.45, 7) is 1.88. The SMILES string of the molecule is CCc1cc(=O)[nH]c(SCC(=O)Nc2cccc(C(=O)[O-])c2)n1. The van der Waals surface area contributed by atoms with E-state index in [1.165, 1.54) is 24.3 Å². The van der Waals surface area contributed by atoms with Crippen molar-refractivity contribution in [1.29, 1.82) is 0 Å². The zero-order valence-electron chi connectivity index (χ0n) is 12.3. The molecule has 0 aliphatic rings. The minimum atomic E-state index is -1.31. The van der Waals surface area contributed by atoms with E-state index in [9.17, 15) is 19.5 Å². The summed E-state index contributed by atoms with van der Waals surface area (Å²) in [6.07, 6.45) is 0.625. The van der Waals surface area contributed by atoms with Gasteiger partial charge in [0.25, 0.3) is 5.56 Å². The number of carbonyl (C=O) groups is 2. The van der Waals surface area contributed by atoms with Crippen LogP contribution < -0.4 is 16.0 Å². The Balaban J connectivity index is 1.98. The van der Waals surface area contributed by atoms with E-state index in [4.69, 9.17) is 0 Å².